The molecule has 1 atom stereocenters. The minimum absolute atomic E-state index is 0.260. The fourth-order valence-electron chi connectivity index (χ4n) is 4.16. The van der Waals surface area contributed by atoms with Crippen LogP contribution in [-0.2, 0) is 25.3 Å². The van der Waals surface area contributed by atoms with Gasteiger partial charge in [0.15, 0.2) is 0 Å². The van der Waals surface area contributed by atoms with Crippen molar-refractivity contribution in [2.45, 2.75) is 57.3 Å². The molecule has 2 aliphatic rings. The monoisotopic (exact) mass is 419 g/mol. The van der Waals surface area contributed by atoms with Crippen LogP contribution in [0.2, 0.25) is 0 Å². The highest BCUT2D eigenvalue weighted by atomic mass is 16.7. The van der Waals surface area contributed by atoms with Gasteiger partial charge in [0.2, 0.25) is 0 Å². The summed E-state index contributed by atoms with van der Waals surface area (Å²) in [6.07, 6.45) is 3.03. The van der Waals surface area contributed by atoms with Crippen LogP contribution in [0.5, 0.6) is 0 Å². The molecule has 31 heavy (non-hydrogen) atoms. The maximum absolute atomic E-state index is 12.8. The van der Waals surface area contributed by atoms with Gasteiger partial charge in [0.25, 0.3) is 0 Å². The van der Waals surface area contributed by atoms with Gasteiger partial charge in [0.05, 0.1) is 18.3 Å². The average Bonchev–Trinajstić information content (AvgIpc) is 3.27. The highest BCUT2D eigenvalue weighted by molar-refractivity contribution is 6.62. The van der Waals surface area contributed by atoms with E-state index in [0.717, 1.165) is 22.2 Å². The lowest BCUT2D eigenvalue weighted by Gasteiger charge is -2.32. The summed E-state index contributed by atoms with van der Waals surface area (Å²) in [4.78, 5) is 12.8. The number of benzene rings is 2. The van der Waals surface area contributed by atoms with Crippen LogP contribution in [-0.4, -0.2) is 36.9 Å². The van der Waals surface area contributed by atoms with Crippen molar-refractivity contribution < 1.29 is 18.8 Å². The number of nitrogens with one attached hydrogen (secondary N) is 1. The lowest BCUT2D eigenvalue weighted by Crippen LogP contribution is -2.49. The molecule has 0 bridgehead atoms. The van der Waals surface area contributed by atoms with Crippen LogP contribution in [0.4, 0.5) is 0 Å². The third kappa shape index (κ3) is 4.02. The number of esters is 1. The van der Waals surface area contributed by atoms with Gasteiger partial charge in [-0.05, 0) is 49.9 Å². The molecule has 0 radical (unpaired) electrons. The van der Waals surface area contributed by atoms with E-state index in [0.29, 0.717) is 12.8 Å². The number of rotatable bonds is 5. The number of hydrogen-bond donors (Lipinski definition) is 1. The van der Waals surface area contributed by atoms with Gasteiger partial charge in [-0.15, -0.1) is 0 Å². The van der Waals surface area contributed by atoms with Gasteiger partial charge in [0, 0.05) is 19.0 Å². The van der Waals surface area contributed by atoms with Crippen LogP contribution in [0.15, 0.2) is 60.8 Å². The van der Waals surface area contributed by atoms with Crippen molar-refractivity contribution in [3.05, 3.63) is 71.9 Å². The molecular formula is C25H30BNO4. The number of carbonyl (C=O) groups is 1. The third-order valence-corrected chi connectivity index (χ3v) is 6.72. The van der Waals surface area contributed by atoms with Gasteiger partial charge in [-0.2, -0.15) is 0 Å². The molecule has 5 nitrogen and oxygen atoms in total. The molecule has 2 aromatic carbocycles. The molecule has 2 aromatic rings. The summed E-state index contributed by atoms with van der Waals surface area (Å²) in [6.45, 7) is 8.20. The van der Waals surface area contributed by atoms with Crippen LogP contribution >= 0.6 is 0 Å². The molecule has 4 rings (SSSR count). The molecule has 2 heterocycles. The molecule has 0 amide bonds. The normalized spacial score (nSPS) is 23.9. The van der Waals surface area contributed by atoms with Crippen molar-refractivity contribution in [1.29, 1.82) is 0 Å². The van der Waals surface area contributed by atoms with Crippen molar-refractivity contribution >= 4 is 24.1 Å². The maximum atomic E-state index is 12.8. The molecule has 1 unspecified atom stereocenters. The molecular weight excluding hydrogens is 389 g/mol. The first-order chi connectivity index (χ1) is 14.7. The largest absolute Gasteiger partial charge is 0.494 e. The smallest absolute Gasteiger partial charge is 0.467 e. The van der Waals surface area contributed by atoms with Crippen LogP contribution in [0.3, 0.4) is 0 Å². The zero-order valence-corrected chi connectivity index (χ0v) is 18.9. The Morgan fingerprint density at radius 1 is 1.03 bits per heavy atom. The van der Waals surface area contributed by atoms with Crippen molar-refractivity contribution in [2.24, 2.45) is 0 Å². The highest BCUT2D eigenvalue weighted by Crippen LogP contribution is 2.37. The van der Waals surface area contributed by atoms with E-state index in [1.165, 1.54) is 7.11 Å². The van der Waals surface area contributed by atoms with Gasteiger partial charge in [-0.3, -0.25) is 0 Å². The first-order valence-corrected chi connectivity index (χ1v) is 10.7. The summed E-state index contributed by atoms with van der Waals surface area (Å²) < 4.78 is 17.6. The van der Waals surface area contributed by atoms with E-state index in [4.69, 9.17) is 14.0 Å². The molecule has 0 spiro atoms. The topological polar surface area (TPSA) is 56.8 Å². The zero-order chi connectivity index (χ0) is 22.3. The number of hydrogen-bond acceptors (Lipinski definition) is 5. The quantitative estimate of drug-likeness (QED) is 0.594. The standard InChI is InChI=1S/C25H30BNO4/c1-23(2)24(3,4)31-26(30-23)21-13-9-12-19(14-21)20-16-25(27-17-20,22(28)29-5)15-18-10-7-6-8-11-18/h6-14,17,27H,15-16H2,1-5H3. The Hall–Kier alpha value is -2.57. The van der Waals surface area contributed by atoms with Crippen LogP contribution in [0.1, 0.15) is 45.2 Å². The first kappa shape index (κ1) is 21.7. The number of carbonyl (C=O) groups excluding carboxylic acids is 1. The predicted octanol–water partition coefficient (Wildman–Crippen LogP) is 3.47. The van der Waals surface area contributed by atoms with Crippen LogP contribution in [0, 0.1) is 0 Å². The predicted molar refractivity (Wildman–Crippen MR) is 123 cm³/mol. The molecule has 6 heteroatoms. The van der Waals surface area contributed by atoms with Gasteiger partial charge in [-0.25, -0.2) is 4.79 Å². The Kier molecular flexibility index (Phi) is 5.48. The molecule has 162 valence electrons. The van der Waals surface area contributed by atoms with Crippen molar-refractivity contribution in [3.8, 4) is 0 Å². The van der Waals surface area contributed by atoms with Crippen LogP contribution < -0.4 is 10.8 Å². The van der Waals surface area contributed by atoms with E-state index in [9.17, 15) is 4.79 Å². The SMILES string of the molecule is COC(=O)C1(Cc2ccccc2)CC(c2cccc(B3OC(C)(C)C(C)(C)O3)c2)=CN1. The summed E-state index contributed by atoms with van der Waals surface area (Å²) in [5.41, 5.74) is 2.55. The van der Waals surface area contributed by atoms with E-state index in [1.807, 2.05) is 48.7 Å². The fraction of sp³-hybridized carbons (Fsp3) is 0.400. The van der Waals surface area contributed by atoms with Crippen LogP contribution in [0.25, 0.3) is 5.57 Å². The second-order valence-corrected chi connectivity index (χ2v) is 9.44. The summed E-state index contributed by atoms with van der Waals surface area (Å²) in [6, 6.07) is 18.2. The van der Waals surface area contributed by atoms with Gasteiger partial charge in [-0.1, -0.05) is 54.6 Å². The molecule has 0 aliphatic carbocycles. The third-order valence-electron chi connectivity index (χ3n) is 6.72. The number of methoxy groups -OCH3 is 1. The average molecular weight is 419 g/mol. The highest BCUT2D eigenvalue weighted by Gasteiger charge is 2.52. The molecule has 0 saturated carbocycles. The molecule has 2 aliphatic heterocycles. The minimum atomic E-state index is -0.814. The first-order valence-electron chi connectivity index (χ1n) is 10.7. The number of ether oxygens (including phenoxy) is 1. The Bertz CT molecular complexity index is 986. The second kappa shape index (κ2) is 7.84. The van der Waals surface area contributed by atoms with E-state index < -0.39 is 23.9 Å². The molecule has 1 saturated heterocycles. The fourth-order valence-corrected chi connectivity index (χ4v) is 4.16. The van der Waals surface area contributed by atoms with E-state index >= 15 is 0 Å². The molecule has 1 fully saturated rings. The Balaban J connectivity index is 1.57. The lowest BCUT2D eigenvalue weighted by atomic mass is 9.77. The Morgan fingerprint density at radius 2 is 1.71 bits per heavy atom. The van der Waals surface area contributed by atoms with Crippen molar-refractivity contribution in [2.75, 3.05) is 7.11 Å². The zero-order valence-electron chi connectivity index (χ0n) is 18.9. The van der Waals surface area contributed by atoms with Gasteiger partial charge in [0.1, 0.15) is 5.54 Å². The second-order valence-electron chi connectivity index (χ2n) is 9.44. The summed E-state index contributed by atoms with van der Waals surface area (Å²) in [5, 5.41) is 3.33. The van der Waals surface area contributed by atoms with Gasteiger partial charge < -0.3 is 19.4 Å². The Morgan fingerprint density at radius 3 is 2.35 bits per heavy atom. The van der Waals surface area contributed by atoms with E-state index in [1.54, 1.807) is 0 Å². The summed E-state index contributed by atoms with van der Waals surface area (Å²) >= 11 is 0. The van der Waals surface area contributed by atoms with E-state index in [2.05, 4.69) is 45.1 Å². The molecule has 0 aromatic heterocycles. The maximum Gasteiger partial charge on any atom is 0.494 e. The summed E-state index contributed by atoms with van der Waals surface area (Å²) in [5.74, 6) is -0.260. The van der Waals surface area contributed by atoms with Crippen molar-refractivity contribution in [3.63, 3.8) is 0 Å². The minimum Gasteiger partial charge on any atom is -0.467 e. The van der Waals surface area contributed by atoms with Crippen molar-refractivity contribution in [1.82, 2.24) is 5.32 Å². The lowest BCUT2D eigenvalue weighted by molar-refractivity contribution is -0.147. The summed E-state index contributed by atoms with van der Waals surface area (Å²) in [7, 11) is 1.02. The van der Waals surface area contributed by atoms with Gasteiger partial charge >= 0.3 is 13.1 Å². The Labute approximate surface area is 184 Å². The molecule has 1 N–H and O–H groups in total. The van der Waals surface area contributed by atoms with E-state index in [-0.39, 0.29) is 5.97 Å².